The molecule has 0 saturated heterocycles. The molecule has 124 valence electrons. The summed E-state index contributed by atoms with van der Waals surface area (Å²) in [6.45, 7) is 4.02. The van der Waals surface area contributed by atoms with Gasteiger partial charge in [-0.15, -0.1) is 0 Å². The highest BCUT2D eigenvalue weighted by molar-refractivity contribution is 14.1. The lowest BCUT2D eigenvalue weighted by atomic mass is 10.0. The molecule has 0 bridgehead atoms. The highest BCUT2D eigenvalue weighted by Gasteiger charge is 2.27. The fourth-order valence-electron chi connectivity index (χ4n) is 2.59. The maximum absolute atomic E-state index is 12.2. The van der Waals surface area contributed by atoms with Gasteiger partial charge in [0.15, 0.2) is 0 Å². The summed E-state index contributed by atoms with van der Waals surface area (Å²) >= 11 is 2.21. The Balaban J connectivity index is 1.68. The molecule has 5 nitrogen and oxygen atoms in total. The Bertz CT molecular complexity index is 803. The van der Waals surface area contributed by atoms with E-state index in [4.69, 9.17) is 0 Å². The molecule has 1 heterocycles. The molecule has 24 heavy (non-hydrogen) atoms. The van der Waals surface area contributed by atoms with E-state index in [1.54, 1.807) is 0 Å². The van der Waals surface area contributed by atoms with Crippen molar-refractivity contribution in [1.82, 2.24) is 0 Å². The molecule has 0 aliphatic carbocycles. The van der Waals surface area contributed by atoms with Crippen LogP contribution in [0.5, 0.6) is 0 Å². The maximum Gasteiger partial charge on any atom is 0.247 e. The SMILES string of the molecule is Cc1cc2c(cc1C)N[C@@H](CC(=O)Nc1ccc(I)cc1)C(=O)N2. The third kappa shape index (κ3) is 3.69. The quantitative estimate of drug-likeness (QED) is 0.645. The van der Waals surface area contributed by atoms with Crippen LogP contribution < -0.4 is 16.0 Å². The topological polar surface area (TPSA) is 70.2 Å². The third-order valence-corrected chi connectivity index (χ3v) is 4.77. The second kappa shape index (κ2) is 6.80. The molecule has 3 rings (SSSR count). The zero-order chi connectivity index (χ0) is 17.3. The van der Waals surface area contributed by atoms with E-state index in [0.29, 0.717) is 0 Å². The molecule has 1 aliphatic heterocycles. The molecular formula is C18H18IN3O2. The molecule has 1 aliphatic rings. The largest absolute Gasteiger partial charge is 0.372 e. The summed E-state index contributed by atoms with van der Waals surface area (Å²) in [5.74, 6) is -0.389. The van der Waals surface area contributed by atoms with Crippen molar-refractivity contribution in [3.05, 3.63) is 51.1 Å². The smallest absolute Gasteiger partial charge is 0.247 e. The number of nitrogens with one attached hydrogen (secondary N) is 3. The monoisotopic (exact) mass is 435 g/mol. The number of benzene rings is 2. The van der Waals surface area contributed by atoms with Crippen LogP contribution in [0.4, 0.5) is 17.1 Å². The minimum Gasteiger partial charge on any atom is -0.372 e. The van der Waals surface area contributed by atoms with Crippen molar-refractivity contribution in [1.29, 1.82) is 0 Å². The number of hydrogen-bond donors (Lipinski definition) is 3. The first-order valence-corrected chi connectivity index (χ1v) is 8.74. The molecule has 2 aromatic carbocycles. The van der Waals surface area contributed by atoms with Crippen LogP contribution in [0.1, 0.15) is 17.5 Å². The minimum atomic E-state index is -0.580. The van der Waals surface area contributed by atoms with Gasteiger partial charge in [0.05, 0.1) is 17.8 Å². The van der Waals surface area contributed by atoms with Crippen LogP contribution in [0.25, 0.3) is 0 Å². The van der Waals surface area contributed by atoms with Crippen molar-refractivity contribution in [3.63, 3.8) is 0 Å². The first kappa shape index (κ1) is 16.8. The van der Waals surface area contributed by atoms with Gasteiger partial charge in [0, 0.05) is 9.26 Å². The Morgan fingerprint density at radius 3 is 2.42 bits per heavy atom. The van der Waals surface area contributed by atoms with Crippen LogP contribution in [-0.2, 0) is 9.59 Å². The summed E-state index contributed by atoms with van der Waals surface area (Å²) < 4.78 is 1.10. The summed E-state index contributed by atoms with van der Waals surface area (Å²) in [6, 6.07) is 10.9. The van der Waals surface area contributed by atoms with E-state index in [1.165, 1.54) is 0 Å². The van der Waals surface area contributed by atoms with E-state index in [-0.39, 0.29) is 18.2 Å². The van der Waals surface area contributed by atoms with E-state index in [2.05, 4.69) is 38.5 Å². The average Bonchev–Trinajstić information content (AvgIpc) is 2.52. The van der Waals surface area contributed by atoms with Crippen LogP contribution in [-0.4, -0.2) is 17.9 Å². The summed E-state index contributed by atoms with van der Waals surface area (Å²) in [4.78, 5) is 24.4. The van der Waals surface area contributed by atoms with Gasteiger partial charge in [0.2, 0.25) is 11.8 Å². The summed E-state index contributed by atoms with van der Waals surface area (Å²) in [5, 5.41) is 8.86. The van der Waals surface area contributed by atoms with Gasteiger partial charge in [-0.05, 0) is 84.0 Å². The number of aryl methyl sites for hydroxylation is 2. The minimum absolute atomic E-state index is 0.0736. The number of hydrogen-bond acceptors (Lipinski definition) is 3. The number of amides is 2. The first-order chi connectivity index (χ1) is 11.4. The lowest BCUT2D eigenvalue weighted by Gasteiger charge is -2.27. The van der Waals surface area contributed by atoms with E-state index >= 15 is 0 Å². The van der Waals surface area contributed by atoms with E-state index < -0.39 is 6.04 Å². The fraction of sp³-hybridized carbons (Fsp3) is 0.222. The Labute approximate surface area is 154 Å². The van der Waals surface area contributed by atoms with Crippen molar-refractivity contribution in [3.8, 4) is 0 Å². The van der Waals surface area contributed by atoms with E-state index in [0.717, 1.165) is 31.8 Å². The molecule has 3 N–H and O–H groups in total. The Hall–Kier alpha value is -2.09. The summed E-state index contributed by atoms with van der Waals surface area (Å²) in [6.07, 6.45) is 0.0736. The molecule has 2 aromatic rings. The van der Waals surface area contributed by atoms with Gasteiger partial charge in [-0.2, -0.15) is 0 Å². The Kier molecular flexibility index (Phi) is 4.75. The number of halogens is 1. The van der Waals surface area contributed by atoms with Crippen LogP contribution in [0.15, 0.2) is 36.4 Å². The maximum atomic E-state index is 12.2. The van der Waals surface area contributed by atoms with Crippen LogP contribution in [0.2, 0.25) is 0 Å². The number of carbonyl (C=O) groups excluding carboxylic acids is 2. The predicted molar refractivity (Wildman–Crippen MR) is 104 cm³/mol. The zero-order valence-corrected chi connectivity index (χ0v) is 15.6. The third-order valence-electron chi connectivity index (χ3n) is 4.06. The molecule has 0 fully saturated rings. The van der Waals surface area contributed by atoms with Crippen molar-refractivity contribution >= 4 is 51.5 Å². The van der Waals surface area contributed by atoms with Gasteiger partial charge >= 0.3 is 0 Å². The standard InChI is InChI=1S/C18H18IN3O2/c1-10-7-14-15(8-11(10)2)22-18(24)16(21-14)9-17(23)20-13-5-3-12(19)4-6-13/h3-8,16,21H,9H2,1-2H3,(H,20,23)(H,22,24)/t16-/m0/s1. The molecule has 0 unspecified atom stereocenters. The lowest BCUT2D eigenvalue weighted by molar-refractivity contribution is -0.122. The number of fused-ring (bicyclic) bond motifs is 1. The highest BCUT2D eigenvalue weighted by atomic mass is 127. The summed E-state index contributed by atoms with van der Waals surface area (Å²) in [7, 11) is 0. The second-order valence-electron chi connectivity index (χ2n) is 5.93. The predicted octanol–water partition coefficient (Wildman–Crippen LogP) is 3.67. The van der Waals surface area contributed by atoms with E-state index in [9.17, 15) is 9.59 Å². The molecule has 2 amide bonds. The lowest BCUT2D eigenvalue weighted by Crippen LogP contribution is -2.41. The molecule has 0 spiro atoms. The zero-order valence-electron chi connectivity index (χ0n) is 13.4. The Morgan fingerprint density at radius 1 is 1.12 bits per heavy atom. The first-order valence-electron chi connectivity index (χ1n) is 7.66. The van der Waals surface area contributed by atoms with Gasteiger partial charge in [0.1, 0.15) is 6.04 Å². The van der Waals surface area contributed by atoms with E-state index in [1.807, 2.05) is 50.2 Å². The van der Waals surface area contributed by atoms with Crippen LogP contribution in [0, 0.1) is 17.4 Å². The van der Waals surface area contributed by atoms with Crippen molar-refractivity contribution < 1.29 is 9.59 Å². The van der Waals surface area contributed by atoms with Gasteiger partial charge < -0.3 is 16.0 Å². The molecule has 1 atom stereocenters. The Morgan fingerprint density at radius 2 is 1.75 bits per heavy atom. The number of rotatable bonds is 3. The van der Waals surface area contributed by atoms with Crippen molar-refractivity contribution in [2.45, 2.75) is 26.3 Å². The molecular weight excluding hydrogens is 417 g/mol. The normalized spacial score (nSPS) is 16.0. The fourth-order valence-corrected chi connectivity index (χ4v) is 2.95. The van der Waals surface area contributed by atoms with Gasteiger partial charge in [-0.1, -0.05) is 0 Å². The molecule has 0 aromatic heterocycles. The van der Waals surface area contributed by atoms with Gasteiger partial charge in [-0.3, -0.25) is 9.59 Å². The van der Waals surface area contributed by atoms with Gasteiger partial charge in [-0.25, -0.2) is 0 Å². The number of anilines is 3. The highest BCUT2D eigenvalue weighted by Crippen LogP contribution is 2.30. The average molecular weight is 435 g/mol. The van der Waals surface area contributed by atoms with Gasteiger partial charge in [0.25, 0.3) is 0 Å². The molecule has 0 saturated carbocycles. The summed E-state index contributed by atoms with van der Waals surface area (Å²) in [5.41, 5.74) is 4.59. The van der Waals surface area contributed by atoms with Crippen LogP contribution >= 0.6 is 22.6 Å². The van der Waals surface area contributed by atoms with Crippen molar-refractivity contribution in [2.24, 2.45) is 0 Å². The number of carbonyl (C=O) groups is 2. The molecule has 6 heteroatoms. The second-order valence-corrected chi connectivity index (χ2v) is 7.17. The van der Waals surface area contributed by atoms with Crippen LogP contribution in [0.3, 0.4) is 0 Å². The molecule has 0 radical (unpaired) electrons. The van der Waals surface area contributed by atoms with Crippen molar-refractivity contribution in [2.75, 3.05) is 16.0 Å².